The maximum Gasteiger partial charge on any atom is 0.328 e. The molecule has 11 nitrogen and oxygen atoms in total. The fourth-order valence-corrected chi connectivity index (χ4v) is 2.50. The summed E-state index contributed by atoms with van der Waals surface area (Å²) in [5, 5.41) is 39.3. The van der Waals surface area contributed by atoms with Gasteiger partial charge in [0.2, 0.25) is 0 Å². The van der Waals surface area contributed by atoms with Crippen molar-refractivity contribution in [1.82, 2.24) is 4.98 Å². The van der Waals surface area contributed by atoms with Crippen LogP contribution < -0.4 is 21.3 Å². The molecule has 32 heavy (non-hydrogen) atoms. The van der Waals surface area contributed by atoms with E-state index < -0.39 is 23.9 Å². The molecule has 0 aliphatic heterocycles. The van der Waals surface area contributed by atoms with Crippen LogP contribution in [-0.4, -0.2) is 45.6 Å². The van der Waals surface area contributed by atoms with Crippen LogP contribution in [0.5, 0.6) is 0 Å². The normalized spacial score (nSPS) is 10.1. The summed E-state index contributed by atoms with van der Waals surface area (Å²) in [5.74, 6) is -5.83. The Morgan fingerprint density at radius 2 is 1.62 bits per heavy atom. The summed E-state index contributed by atoms with van der Waals surface area (Å²) in [6.07, 6.45) is 2.78. The highest BCUT2D eigenvalue weighted by Gasteiger charge is 2.07. The summed E-state index contributed by atoms with van der Waals surface area (Å²) >= 11 is 1.57. The van der Waals surface area contributed by atoms with Crippen LogP contribution in [0.15, 0.2) is 53.9 Å². The number of aromatic nitrogens is 1. The summed E-state index contributed by atoms with van der Waals surface area (Å²) < 4.78 is 13.0. The standard InChI is InChI=1S/C11H12FN3S.2C4H4O4/c12-8-2-1-3-9(6-8)14-11-15-10(4-5-13)7-16-11;2*5-3(6)1-2-4(7)8/h1-3,6-7H,4-5,13H2,(H,14,15);2*1-2H,(H,5,6)(H,7,8)/b;2*2-1-. The van der Waals surface area contributed by atoms with E-state index in [-0.39, 0.29) is 5.82 Å². The zero-order valence-corrected chi connectivity index (χ0v) is 17.3. The maximum absolute atomic E-state index is 13.0. The molecule has 0 aliphatic rings. The lowest BCUT2D eigenvalue weighted by Gasteiger charge is -1.95. The fourth-order valence-electron chi connectivity index (χ4n) is 1.70. The van der Waals surface area contributed by atoms with Crippen LogP contribution in [0.2, 0.25) is 0 Å². The zero-order valence-electron chi connectivity index (χ0n) is 16.5. The average Bonchev–Trinajstić information content (AvgIpc) is 3.13. The minimum atomic E-state index is -1.51. The van der Waals surface area contributed by atoms with E-state index in [0.717, 1.165) is 29.5 Å². The van der Waals surface area contributed by atoms with Gasteiger partial charge in [0.1, 0.15) is 11.5 Å². The van der Waals surface area contributed by atoms with Crippen molar-refractivity contribution < 1.29 is 55.0 Å². The van der Waals surface area contributed by atoms with Crippen LogP contribution >= 0.6 is 11.3 Å². The first kappa shape index (κ1) is 28.1. The first-order valence-electron chi connectivity index (χ1n) is 8.61. The van der Waals surface area contributed by atoms with Gasteiger partial charge in [0.15, 0.2) is 0 Å². The monoisotopic (exact) mass is 469 g/mol. The highest BCUT2D eigenvalue weighted by molar-refractivity contribution is 7.12. The SMILES string of the molecule is O=C([O-])/C=C\C(=O)O.O=C([O-])/C=C\C(=O)O.[NH3+]CCc1csc([NH2+]c2cccc(F)c2)n1. The molecule has 1 aromatic carbocycles. The van der Waals surface area contributed by atoms with E-state index in [2.05, 4.69) is 10.7 Å². The number of nitrogens with two attached hydrogens (primary N) is 1. The summed E-state index contributed by atoms with van der Waals surface area (Å²) in [7, 11) is 0. The van der Waals surface area contributed by atoms with Crippen molar-refractivity contribution in [3.8, 4) is 0 Å². The van der Waals surface area contributed by atoms with Crippen LogP contribution in [0.4, 0.5) is 15.2 Å². The molecule has 0 bridgehead atoms. The van der Waals surface area contributed by atoms with Gasteiger partial charge in [0, 0.05) is 30.0 Å². The number of carboxylic acid groups (broad SMARTS) is 4. The molecule has 0 unspecified atom stereocenters. The second-order valence-electron chi connectivity index (χ2n) is 5.46. The molecule has 2 aromatic rings. The molecule has 1 aromatic heterocycles. The summed E-state index contributed by atoms with van der Waals surface area (Å²) in [4.78, 5) is 42.4. The molecule has 0 spiro atoms. The number of rotatable bonds is 8. The molecule has 1 heterocycles. The Labute approximate surface area is 185 Å². The number of quaternary nitrogens is 2. The summed E-state index contributed by atoms with van der Waals surface area (Å²) in [6.45, 7) is 0.850. The van der Waals surface area contributed by atoms with Crippen molar-refractivity contribution in [3.05, 3.63) is 65.5 Å². The molecular formula is C19H20FN3O8S. The van der Waals surface area contributed by atoms with Crippen LogP contribution in [0, 0.1) is 5.82 Å². The van der Waals surface area contributed by atoms with Gasteiger partial charge in [-0.05, 0) is 24.3 Å². The zero-order chi connectivity index (χ0) is 24.5. The predicted octanol–water partition coefficient (Wildman–Crippen LogP) is -2.65. The molecule has 7 N–H and O–H groups in total. The van der Waals surface area contributed by atoms with Gasteiger partial charge in [0.25, 0.3) is 5.13 Å². The van der Waals surface area contributed by atoms with Crippen molar-refractivity contribution in [3.63, 3.8) is 0 Å². The number of benzene rings is 1. The fraction of sp³-hybridized carbons (Fsp3) is 0.105. The molecule has 0 fully saturated rings. The minimum absolute atomic E-state index is 0.219. The van der Waals surface area contributed by atoms with E-state index in [1.165, 1.54) is 12.1 Å². The van der Waals surface area contributed by atoms with Crippen LogP contribution in [0.25, 0.3) is 0 Å². The number of halogens is 1. The van der Waals surface area contributed by atoms with Crippen molar-refractivity contribution in [2.75, 3.05) is 6.54 Å². The van der Waals surface area contributed by atoms with Gasteiger partial charge >= 0.3 is 11.9 Å². The third-order valence-electron chi connectivity index (χ3n) is 2.87. The molecule has 0 saturated carbocycles. The smallest absolute Gasteiger partial charge is 0.328 e. The van der Waals surface area contributed by atoms with E-state index in [4.69, 9.17) is 10.2 Å². The number of thiazole rings is 1. The molecule has 0 saturated heterocycles. The number of carbonyl (C=O) groups is 4. The lowest BCUT2D eigenvalue weighted by atomic mass is 10.3. The Morgan fingerprint density at radius 3 is 2.03 bits per heavy atom. The Kier molecular flexibility index (Phi) is 13.9. The van der Waals surface area contributed by atoms with Gasteiger partial charge in [-0.2, -0.15) is 4.98 Å². The van der Waals surface area contributed by atoms with Gasteiger partial charge in [-0.3, -0.25) is 5.32 Å². The van der Waals surface area contributed by atoms with E-state index in [1.807, 2.05) is 16.8 Å². The van der Waals surface area contributed by atoms with E-state index >= 15 is 0 Å². The first-order valence-corrected chi connectivity index (χ1v) is 9.49. The highest BCUT2D eigenvalue weighted by atomic mass is 32.1. The second-order valence-corrected chi connectivity index (χ2v) is 6.35. The van der Waals surface area contributed by atoms with Crippen LogP contribution in [0.3, 0.4) is 0 Å². The predicted molar refractivity (Wildman–Crippen MR) is 105 cm³/mol. The quantitative estimate of drug-likeness (QED) is 0.234. The van der Waals surface area contributed by atoms with Crippen molar-refractivity contribution in [2.45, 2.75) is 6.42 Å². The first-order chi connectivity index (χ1) is 15.0. The van der Waals surface area contributed by atoms with E-state index in [9.17, 15) is 33.8 Å². The van der Waals surface area contributed by atoms with Crippen molar-refractivity contribution >= 4 is 46.0 Å². The van der Waals surface area contributed by atoms with Gasteiger partial charge in [-0.1, -0.05) is 17.4 Å². The third-order valence-corrected chi connectivity index (χ3v) is 3.71. The van der Waals surface area contributed by atoms with Crippen LogP contribution in [-0.2, 0) is 25.6 Å². The lowest BCUT2D eigenvalue weighted by Crippen LogP contribution is -2.71. The van der Waals surface area contributed by atoms with E-state index in [1.54, 1.807) is 17.4 Å². The molecule has 2 rings (SSSR count). The Hall–Kier alpha value is -3.94. The second kappa shape index (κ2) is 15.8. The van der Waals surface area contributed by atoms with Crippen LogP contribution in [0.1, 0.15) is 5.69 Å². The largest absolute Gasteiger partial charge is 0.545 e. The molecule has 0 radical (unpaired) electrons. The maximum atomic E-state index is 13.0. The molecule has 0 atom stereocenters. The van der Waals surface area contributed by atoms with Gasteiger partial charge < -0.3 is 35.7 Å². The number of hydrogen-bond acceptors (Lipinski definition) is 8. The molecule has 13 heteroatoms. The van der Waals surface area contributed by atoms with Crippen molar-refractivity contribution in [1.29, 1.82) is 0 Å². The molecular weight excluding hydrogens is 449 g/mol. The summed E-state index contributed by atoms with van der Waals surface area (Å²) in [5.41, 5.74) is 5.69. The average molecular weight is 469 g/mol. The molecule has 172 valence electrons. The Bertz CT molecular complexity index is 909. The third kappa shape index (κ3) is 15.9. The molecule has 0 aliphatic carbocycles. The van der Waals surface area contributed by atoms with Gasteiger partial charge in [-0.25, -0.2) is 14.0 Å². The van der Waals surface area contributed by atoms with Gasteiger partial charge in [-0.15, -0.1) is 0 Å². The van der Waals surface area contributed by atoms with E-state index in [0.29, 0.717) is 24.3 Å². The summed E-state index contributed by atoms with van der Waals surface area (Å²) in [6, 6.07) is 6.51. The number of aliphatic carboxylic acids is 4. The Balaban J connectivity index is 0.000000510. The number of carboxylic acids is 4. The van der Waals surface area contributed by atoms with Gasteiger partial charge in [0.05, 0.1) is 24.2 Å². The minimum Gasteiger partial charge on any atom is -0.545 e. The Morgan fingerprint density at radius 1 is 1.06 bits per heavy atom. The lowest BCUT2D eigenvalue weighted by molar-refractivity contribution is -0.478. The number of nitrogens with zero attached hydrogens (tertiary/aromatic N) is 1. The highest BCUT2D eigenvalue weighted by Crippen LogP contribution is 2.12. The number of carbonyl (C=O) groups excluding carboxylic acids is 2. The van der Waals surface area contributed by atoms with Crippen molar-refractivity contribution in [2.24, 2.45) is 0 Å². The molecule has 0 amide bonds. The number of hydrogen-bond donors (Lipinski definition) is 4. The topological polar surface area (TPSA) is 212 Å².